The summed E-state index contributed by atoms with van der Waals surface area (Å²) in [5.41, 5.74) is 4.19. The Morgan fingerprint density at radius 1 is 0.906 bits per heavy atom. The maximum absolute atomic E-state index is 12.4. The van der Waals surface area contributed by atoms with Gasteiger partial charge in [-0.1, -0.05) is 29.8 Å². The van der Waals surface area contributed by atoms with Crippen LogP contribution in [0.1, 0.15) is 22.5 Å². The number of hydrogen-bond acceptors (Lipinski definition) is 6. The highest BCUT2D eigenvalue weighted by molar-refractivity contribution is 7.91. The Kier molecular flexibility index (Phi) is 5.91. The molecule has 0 fully saturated rings. The Labute approximate surface area is 187 Å². The van der Waals surface area contributed by atoms with Crippen LogP contribution in [0.5, 0.6) is 11.6 Å². The van der Waals surface area contributed by atoms with Gasteiger partial charge in [0.1, 0.15) is 12.1 Å². The lowest BCUT2D eigenvalue weighted by Crippen LogP contribution is -2.15. The van der Waals surface area contributed by atoms with Gasteiger partial charge < -0.3 is 4.74 Å². The highest BCUT2D eigenvalue weighted by Gasteiger charge is 2.12. The maximum atomic E-state index is 12.4. The Morgan fingerprint density at radius 3 is 2.22 bits per heavy atom. The number of benzene rings is 2. The van der Waals surface area contributed by atoms with Gasteiger partial charge in [0.15, 0.2) is 5.82 Å². The fourth-order valence-electron chi connectivity index (χ4n) is 3.06. The molecule has 2 aromatic heterocycles. The first-order chi connectivity index (χ1) is 15.3. The van der Waals surface area contributed by atoms with Crippen LogP contribution in [0.25, 0.3) is 5.82 Å². The topological polar surface area (TPSA) is 99.0 Å². The molecule has 8 nitrogen and oxygen atoms in total. The number of nitrogens with zero attached hydrogens (tertiary/aromatic N) is 4. The number of anilines is 1. The van der Waals surface area contributed by atoms with E-state index in [0.29, 0.717) is 23.1 Å². The summed E-state index contributed by atoms with van der Waals surface area (Å²) in [6, 6.07) is 17.5. The van der Waals surface area contributed by atoms with Crippen molar-refractivity contribution in [2.75, 3.05) is 4.72 Å². The molecule has 0 saturated carbocycles. The Bertz CT molecular complexity index is 1310. The number of aryl methyl sites for hydroxylation is 2. The monoisotopic (exact) mass is 449 g/mol. The van der Waals surface area contributed by atoms with Gasteiger partial charge in [-0.3, -0.25) is 9.29 Å². The van der Waals surface area contributed by atoms with Crippen molar-refractivity contribution in [3.05, 3.63) is 89.5 Å². The van der Waals surface area contributed by atoms with Crippen LogP contribution in [-0.2, 0) is 15.8 Å². The van der Waals surface area contributed by atoms with Crippen LogP contribution < -0.4 is 9.46 Å². The van der Waals surface area contributed by atoms with E-state index in [1.54, 1.807) is 42.7 Å². The van der Waals surface area contributed by atoms with Crippen molar-refractivity contribution in [1.82, 2.24) is 19.7 Å². The molecule has 0 bridgehead atoms. The summed E-state index contributed by atoms with van der Waals surface area (Å²) >= 11 is 0. The summed E-state index contributed by atoms with van der Waals surface area (Å²) in [7, 11) is -3.53. The van der Waals surface area contributed by atoms with Gasteiger partial charge in [-0.2, -0.15) is 0 Å². The number of nitrogens with one attached hydrogen (secondary N) is 1. The van der Waals surface area contributed by atoms with Crippen LogP contribution in [0.3, 0.4) is 0 Å². The van der Waals surface area contributed by atoms with E-state index in [1.165, 1.54) is 0 Å². The molecule has 0 unspecified atom stereocenters. The van der Waals surface area contributed by atoms with Crippen LogP contribution in [0.4, 0.5) is 5.69 Å². The first kappa shape index (κ1) is 21.5. The van der Waals surface area contributed by atoms with E-state index < -0.39 is 10.0 Å². The predicted molar refractivity (Wildman–Crippen MR) is 123 cm³/mol. The minimum Gasteiger partial charge on any atom is -0.438 e. The average molecular weight is 450 g/mol. The second-order valence-corrected chi connectivity index (χ2v) is 9.21. The third-order valence-corrected chi connectivity index (χ3v) is 6.21. The van der Waals surface area contributed by atoms with Crippen molar-refractivity contribution in [2.24, 2.45) is 0 Å². The molecule has 9 heteroatoms. The van der Waals surface area contributed by atoms with Gasteiger partial charge >= 0.3 is 0 Å². The Morgan fingerprint density at radius 2 is 1.62 bits per heavy atom. The number of imidazole rings is 1. The molecule has 164 valence electrons. The molecule has 0 amide bonds. The molecule has 0 aliphatic carbocycles. The molecule has 4 rings (SSSR count). The number of aromatic nitrogens is 4. The summed E-state index contributed by atoms with van der Waals surface area (Å²) in [4.78, 5) is 4.26. The van der Waals surface area contributed by atoms with Crippen molar-refractivity contribution in [2.45, 2.75) is 26.5 Å². The quantitative estimate of drug-likeness (QED) is 0.451. The van der Waals surface area contributed by atoms with Crippen LogP contribution in [0.2, 0.25) is 0 Å². The van der Waals surface area contributed by atoms with Crippen molar-refractivity contribution in [3.63, 3.8) is 0 Å². The van der Waals surface area contributed by atoms with Crippen LogP contribution in [0, 0.1) is 20.8 Å². The molecular weight excluding hydrogens is 426 g/mol. The van der Waals surface area contributed by atoms with Crippen molar-refractivity contribution < 1.29 is 13.2 Å². The summed E-state index contributed by atoms with van der Waals surface area (Å²) < 4.78 is 35.0. The van der Waals surface area contributed by atoms with Crippen LogP contribution in [0.15, 0.2) is 67.0 Å². The second-order valence-electron chi connectivity index (χ2n) is 7.49. The summed E-state index contributed by atoms with van der Waals surface area (Å²) in [6.07, 6.45) is 1.70. The lowest BCUT2D eigenvalue weighted by molar-refractivity contribution is 0.454. The SMILES string of the molecule is Cc1ccc(CS(=O)(=O)Nc2ccc(Oc3ccc(-n4cnc(C)c4C)nn3)cc2)cc1. The number of rotatable bonds is 7. The van der Waals surface area contributed by atoms with E-state index in [4.69, 9.17) is 4.74 Å². The van der Waals surface area contributed by atoms with E-state index >= 15 is 0 Å². The summed E-state index contributed by atoms with van der Waals surface area (Å²) in [5.74, 6) is 1.40. The highest BCUT2D eigenvalue weighted by atomic mass is 32.2. The molecule has 2 aromatic carbocycles. The third kappa shape index (κ3) is 5.12. The smallest absolute Gasteiger partial charge is 0.238 e. The summed E-state index contributed by atoms with van der Waals surface area (Å²) in [5, 5.41) is 8.29. The highest BCUT2D eigenvalue weighted by Crippen LogP contribution is 2.23. The zero-order valence-corrected chi connectivity index (χ0v) is 18.8. The minimum atomic E-state index is -3.53. The average Bonchev–Trinajstić information content (AvgIpc) is 3.10. The lowest BCUT2D eigenvalue weighted by atomic mass is 10.2. The molecule has 0 aliphatic heterocycles. The van der Waals surface area contributed by atoms with Crippen LogP contribution in [-0.4, -0.2) is 28.2 Å². The largest absolute Gasteiger partial charge is 0.438 e. The molecule has 0 atom stereocenters. The maximum Gasteiger partial charge on any atom is 0.238 e. The van der Waals surface area contributed by atoms with Gasteiger partial charge in [0.25, 0.3) is 0 Å². The zero-order valence-electron chi connectivity index (χ0n) is 18.0. The standard InChI is InChI=1S/C23H23N5O3S/c1-16-4-6-19(7-5-16)14-32(29,30)27-20-8-10-21(11-9-20)31-23-13-12-22(25-26-23)28-15-24-17(2)18(28)3/h4-13,15,27H,14H2,1-3H3. The second kappa shape index (κ2) is 8.80. The number of sulfonamides is 1. The molecule has 32 heavy (non-hydrogen) atoms. The minimum absolute atomic E-state index is 0.0939. The van der Waals surface area contributed by atoms with Gasteiger partial charge in [0.05, 0.1) is 11.4 Å². The third-order valence-electron chi connectivity index (χ3n) is 4.95. The van der Waals surface area contributed by atoms with Crippen molar-refractivity contribution >= 4 is 15.7 Å². The molecule has 1 N–H and O–H groups in total. The molecular formula is C23H23N5O3S. The Balaban J connectivity index is 1.39. The zero-order chi connectivity index (χ0) is 22.7. The molecule has 0 spiro atoms. The van der Waals surface area contributed by atoms with E-state index in [0.717, 1.165) is 22.5 Å². The van der Waals surface area contributed by atoms with Gasteiger partial charge in [-0.15, -0.1) is 10.2 Å². The molecule has 0 saturated heterocycles. The normalized spacial score (nSPS) is 11.3. The van der Waals surface area contributed by atoms with E-state index in [-0.39, 0.29) is 5.75 Å². The Hall–Kier alpha value is -3.72. The van der Waals surface area contributed by atoms with Crippen LogP contribution >= 0.6 is 0 Å². The predicted octanol–water partition coefficient (Wildman–Crippen LogP) is 4.32. The van der Waals surface area contributed by atoms with E-state index in [9.17, 15) is 8.42 Å². The van der Waals surface area contributed by atoms with Crippen molar-refractivity contribution in [1.29, 1.82) is 0 Å². The molecule has 4 aromatic rings. The van der Waals surface area contributed by atoms with E-state index in [1.807, 2.05) is 49.6 Å². The van der Waals surface area contributed by atoms with Crippen molar-refractivity contribution in [3.8, 4) is 17.4 Å². The van der Waals surface area contributed by atoms with E-state index in [2.05, 4.69) is 19.9 Å². The van der Waals surface area contributed by atoms with Gasteiger partial charge in [0, 0.05) is 17.4 Å². The first-order valence-corrected chi connectivity index (χ1v) is 11.6. The van der Waals surface area contributed by atoms with Gasteiger partial charge in [-0.05, 0) is 56.7 Å². The van der Waals surface area contributed by atoms with Gasteiger partial charge in [-0.25, -0.2) is 13.4 Å². The fraction of sp³-hybridized carbons (Fsp3) is 0.174. The number of ether oxygens (including phenoxy) is 1. The molecule has 2 heterocycles. The first-order valence-electron chi connectivity index (χ1n) is 9.98. The summed E-state index contributed by atoms with van der Waals surface area (Å²) in [6.45, 7) is 5.86. The van der Waals surface area contributed by atoms with Gasteiger partial charge in [0.2, 0.25) is 15.9 Å². The number of hydrogen-bond donors (Lipinski definition) is 1. The molecule has 0 radical (unpaired) electrons. The fourth-order valence-corrected chi connectivity index (χ4v) is 4.26. The lowest BCUT2D eigenvalue weighted by Gasteiger charge is -2.10. The molecule has 0 aliphatic rings.